The van der Waals surface area contributed by atoms with E-state index in [-0.39, 0.29) is 0 Å². The van der Waals surface area contributed by atoms with Crippen LogP contribution in [0, 0.1) is 0 Å². The molecule has 106 valence electrons. The van der Waals surface area contributed by atoms with E-state index in [1.54, 1.807) is 6.07 Å². The zero-order valence-electron chi connectivity index (χ0n) is 11.3. The maximum Gasteiger partial charge on any atom is 0.416 e. The number of alkyl halides is 3. The molecule has 19 heavy (non-hydrogen) atoms. The molecule has 0 radical (unpaired) electrons. The lowest BCUT2D eigenvalue weighted by atomic mass is 10.0. The molecule has 4 heteroatoms. The van der Waals surface area contributed by atoms with Crippen LogP contribution in [0.15, 0.2) is 35.9 Å². The molecule has 0 fully saturated rings. The molecule has 0 atom stereocenters. The lowest BCUT2D eigenvalue weighted by molar-refractivity contribution is -0.137. The van der Waals surface area contributed by atoms with Gasteiger partial charge in [-0.3, -0.25) is 0 Å². The second-order valence-electron chi connectivity index (χ2n) is 4.57. The summed E-state index contributed by atoms with van der Waals surface area (Å²) in [5.41, 5.74) is 1.22. The monoisotopic (exact) mass is 271 g/mol. The fourth-order valence-corrected chi connectivity index (χ4v) is 1.85. The number of hydrogen-bond acceptors (Lipinski definition) is 1. The smallest absolute Gasteiger partial charge is 0.317 e. The Kier molecular flexibility index (Phi) is 6.09. The van der Waals surface area contributed by atoms with E-state index in [1.165, 1.54) is 12.1 Å². The Balaban J connectivity index is 2.62. The molecule has 0 aliphatic heterocycles. The van der Waals surface area contributed by atoms with Gasteiger partial charge in [0.05, 0.1) is 5.56 Å². The Bertz CT molecular complexity index is 422. The SMILES string of the molecule is CCNCCC=C(C)Cc1cccc(C(F)(F)F)c1. The minimum atomic E-state index is -4.27. The van der Waals surface area contributed by atoms with Crippen LogP contribution >= 0.6 is 0 Å². The van der Waals surface area contributed by atoms with Crippen molar-refractivity contribution in [3.8, 4) is 0 Å². The quantitative estimate of drug-likeness (QED) is 0.604. The summed E-state index contributed by atoms with van der Waals surface area (Å²) in [6, 6.07) is 5.52. The van der Waals surface area contributed by atoms with Crippen LogP contribution in [0.2, 0.25) is 0 Å². The number of halogens is 3. The first-order valence-corrected chi connectivity index (χ1v) is 6.46. The molecule has 0 aliphatic rings. The zero-order valence-corrected chi connectivity index (χ0v) is 11.3. The highest BCUT2D eigenvalue weighted by atomic mass is 19.4. The molecule has 0 aliphatic carbocycles. The largest absolute Gasteiger partial charge is 0.416 e. The van der Waals surface area contributed by atoms with Gasteiger partial charge in [0.15, 0.2) is 0 Å². The molecule has 0 aromatic heterocycles. The summed E-state index contributed by atoms with van der Waals surface area (Å²) < 4.78 is 37.7. The Morgan fingerprint density at radius 3 is 2.68 bits per heavy atom. The van der Waals surface area contributed by atoms with Crippen molar-refractivity contribution < 1.29 is 13.2 Å². The molecular weight excluding hydrogens is 251 g/mol. The van der Waals surface area contributed by atoms with Crippen LogP contribution in [0.4, 0.5) is 13.2 Å². The second-order valence-corrected chi connectivity index (χ2v) is 4.57. The second kappa shape index (κ2) is 7.34. The highest BCUT2D eigenvalue weighted by molar-refractivity contribution is 5.28. The number of allylic oxidation sites excluding steroid dienone is 1. The standard InChI is InChI=1S/C15H20F3N/c1-3-19-9-5-6-12(2)10-13-7-4-8-14(11-13)15(16,17)18/h4,6-8,11,19H,3,5,9-10H2,1-2H3. The van der Waals surface area contributed by atoms with Crippen molar-refractivity contribution in [3.05, 3.63) is 47.0 Å². The van der Waals surface area contributed by atoms with E-state index in [9.17, 15) is 13.2 Å². The average Bonchev–Trinajstić information content (AvgIpc) is 2.34. The molecule has 0 amide bonds. The minimum Gasteiger partial charge on any atom is -0.317 e. The van der Waals surface area contributed by atoms with Crippen LogP contribution < -0.4 is 5.32 Å². The van der Waals surface area contributed by atoms with Crippen molar-refractivity contribution in [2.45, 2.75) is 32.9 Å². The Labute approximate surface area is 112 Å². The number of nitrogens with one attached hydrogen (secondary N) is 1. The van der Waals surface area contributed by atoms with Gasteiger partial charge in [0, 0.05) is 0 Å². The summed E-state index contributed by atoms with van der Waals surface area (Å²) in [5.74, 6) is 0. The number of benzene rings is 1. The van der Waals surface area contributed by atoms with Crippen molar-refractivity contribution in [3.63, 3.8) is 0 Å². The first-order valence-electron chi connectivity index (χ1n) is 6.46. The third kappa shape index (κ3) is 5.92. The Hall–Kier alpha value is -1.29. The molecule has 0 saturated carbocycles. The number of hydrogen-bond donors (Lipinski definition) is 1. The van der Waals surface area contributed by atoms with E-state index in [4.69, 9.17) is 0 Å². The van der Waals surface area contributed by atoms with E-state index in [0.29, 0.717) is 12.0 Å². The van der Waals surface area contributed by atoms with E-state index in [0.717, 1.165) is 31.1 Å². The van der Waals surface area contributed by atoms with Crippen LogP contribution in [0.25, 0.3) is 0 Å². The molecule has 0 heterocycles. The van der Waals surface area contributed by atoms with Gasteiger partial charge in [0.25, 0.3) is 0 Å². The molecule has 1 nitrogen and oxygen atoms in total. The number of rotatable bonds is 6. The van der Waals surface area contributed by atoms with E-state index in [1.807, 2.05) is 13.8 Å². The van der Waals surface area contributed by atoms with Gasteiger partial charge in [-0.15, -0.1) is 0 Å². The predicted octanol–water partition coefficient (Wildman–Crippen LogP) is 4.19. The van der Waals surface area contributed by atoms with Crippen LogP contribution in [0.3, 0.4) is 0 Å². The van der Waals surface area contributed by atoms with Crippen molar-refractivity contribution in [1.29, 1.82) is 0 Å². The maximum atomic E-state index is 12.6. The molecule has 1 aromatic rings. The highest BCUT2D eigenvalue weighted by Crippen LogP contribution is 2.29. The fraction of sp³-hybridized carbons (Fsp3) is 0.467. The highest BCUT2D eigenvalue weighted by Gasteiger charge is 2.30. The van der Waals surface area contributed by atoms with Gasteiger partial charge >= 0.3 is 6.18 Å². The molecule has 0 saturated heterocycles. The lowest BCUT2D eigenvalue weighted by Gasteiger charge is -2.09. The lowest BCUT2D eigenvalue weighted by Crippen LogP contribution is -2.13. The van der Waals surface area contributed by atoms with Crippen molar-refractivity contribution in [2.75, 3.05) is 13.1 Å². The summed E-state index contributed by atoms with van der Waals surface area (Å²) in [7, 11) is 0. The Morgan fingerprint density at radius 2 is 2.05 bits per heavy atom. The molecule has 1 N–H and O–H groups in total. The molecule has 1 aromatic carbocycles. The first-order chi connectivity index (χ1) is 8.93. The van der Waals surface area contributed by atoms with Gasteiger partial charge in [0.1, 0.15) is 0 Å². The maximum absolute atomic E-state index is 12.6. The van der Waals surface area contributed by atoms with Gasteiger partial charge in [-0.25, -0.2) is 0 Å². The van der Waals surface area contributed by atoms with E-state index in [2.05, 4.69) is 11.4 Å². The van der Waals surface area contributed by atoms with Gasteiger partial charge < -0.3 is 5.32 Å². The third-order valence-corrected chi connectivity index (χ3v) is 2.80. The third-order valence-electron chi connectivity index (χ3n) is 2.80. The fourth-order valence-electron chi connectivity index (χ4n) is 1.85. The van der Waals surface area contributed by atoms with Crippen LogP contribution in [0.5, 0.6) is 0 Å². The summed E-state index contributed by atoms with van der Waals surface area (Å²) >= 11 is 0. The first kappa shape index (κ1) is 15.8. The summed E-state index contributed by atoms with van der Waals surface area (Å²) in [6.07, 6.45) is -0.726. The molecule has 0 bridgehead atoms. The van der Waals surface area contributed by atoms with Crippen molar-refractivity contribution >= 4 is 0 Å². The van der Waals surface area contributed by atoms with Crippen LogP contribution in [-0.4, -0.2) is 13.1 Å². The van der Waals surface area contributed by atoms with Gasteiger partial charge in [0.2, 0.25) is 0 Å². The summed E-state index contributed by atoms with van der Waals surface area (Å²) in [4.78, 5) is 0. The average molecular weight is 271 g/mol. The molecule has 0 unspecified atom stereocenters. The zero-order chi connectivity index (χ0) is 14.3. The Morgan fingerprint density at radius 1 is 1.32 bits per heavy atom. The van der Waals surface area contributed by atoms with Crippen LogP contribution in [-0.2, 0) is 12.6 Å². The van der Waals surface area contributed by atoms with E-state index >= 15 is 0 Å². The molecular formula is C15H20F3N. The van der Waals surface area contributed by atoms with Crippen molar-refractivity contribution in [1.82, 2.24) is 5.32 Å². The van der Waals surface area contributed by atoms with E-state index < -0.39 is 11.7 Å². The summed E-state index contributed by atoms with van der Waals surface area (Å²) in [5, 5.41) is 3.20. The predicted molar refractivity (Wildman–Crippen MR) is 72.1 cm³/mol. The molecule has 1 rings (SSSR count). The van der Waals surface area contributed by atoms with Gasteiger partial charge in [-0.2, -0.15) is 13.2 Å². The van der Waals surface area contributed by atoms with Crippen LogP contribution in [0.1, 0.15) is 31.4 Å². The topological polar surface area (TPSA) is 12.0 Å². The van der Waals surface area contributed by atoms with Gasteiger partial charge in [-0.1, -0.05) is 36.8 Å². The normalized spacial score (nSPS) is 12.8. The van der Waals surface area contributed by atoms with Crippen molar-refractivity contribution in [2.24, 2.45) is 0 Å². The van der Waals surface area contributed by atoms with Gasteiger partial charge in [-0.05, 0) is 44.5 Å². The molecule has 0 spiro atoms. The summed E-state index contributed by atoms with van der Waals surface area (Å²) in [6.45, 7) is 5.82. The minimum absolute atomic E-state index is 0.566.